The fourth-order valence-corrected chi connectivity index (χ4v) is 0.300. The molecular weight excluding hydrogens is 781 g/mol. The van der Waals surface area contributed by atoms with Gasteiger partial charge in [0.2, 0.25) is 0 Å². The van der Waals surface area contributed by atoms with Crippen molar-refractivity contribution in [3.8, 4) is 0 Å². The lowest BCUT2D eigenvalue weighted by molar-refractivity contribution is -0.137. The zero-order chi connectivity index (χ0) is 41.6. The van der Waals surface area contributed by atoms with Crippen LogP contribution >= 0.6 is 75.8 Å². The molecule has 0 amide bonds. The molecular formula is C25H54O18S6. The van der Waals surface area contributed by atoms with Gasteiger partial charge in [0.05, 0.1) is 72.6 Å². The molecule has 0 aromatic rings. The minimum absolute atomic E-state index is 0.0833. The van der Waals surface area contributed by atoms with E-state index in [1.54, 1.807) is 13.8 Å². The molecule has 0 radical (unpaired) electrons. The fraction of sp³-hybridized carbons (Fsp3) is 0.760. The number of rotatable bonds is 12. The third-order valence-electron chi connectivity index (χ3n) is 3.77. The minimum atomic E-state index is -0.881. The van der Waals surface area contributed by atoms with Crippen molar-refractivity contribution in [1.29, 1.82) is 0 Å². The fourth-order valence-electron chi connectivity index (χ4n) is 0.300. The highest BCUT2D eigenvalue weighted by Crippen LogP contribution is 2.11. The van der Waals surface area contributed by atoms with Crippen molar-refractivity contribution in [3.05, 3.63) is 0 Å². The highest BCUT2D eigenvalue weighted by Gasteiger charge is 2.20. The standard InChI is InChI=1S/2C5H12O3.3C3H6O2S.3C2H4O2S/c2*1-5(2-6,3-7)4-8;3*1-2(6)3(4)5;3*3-2(4)1-5/h2*6-8H,2-4H2,1H3;3*2,6H,1H3,(H,4,5);3*5H,1H2,(H,3,4). The molecule has 0 aromatic heterocycles. The molecule has 18 nitrogen and oxygen atoms in total. The van der Waals surface area contributed by atoms with E-state index in [4.69, 9.17) is 61.3 Å². The van der Waals surface area contributed by atoms with Crippen LogP contribution in [0.4, 0.5) is 0 Å². The topological polar surface area (TPSA) is 345 Å². The average molecular weight is 835 g/mol. The Morgan fingerprint density at radius 1 is 0.429 bits per heavy atom. The normalized spacial score (nSPS) is 11.2. The molecule has 3 unspecified atom stereocenters. The van der Waals surface area contributed by atoms with E-state index in [1.807, 2.05) is 0 Å². The molecule has 0 aromatic carbocycles. The summed E-state index contributed by atoms with van der Waals surface area (Å²) in [6, 6.07) is 0. The predicted octanol–water partition coefficient (Wildman–Crippen LogP) is -0.890. The van der Waals surface area contributed by atoms with Crippen molar-refractivity contribution >= 4 is 112 Å². The van der Waals surface area contributed by atoms with Crippen LogP contribution in [0.1, 0.15) is 34.6 Å². The predicted molar refractivity (Wildman–Crippen MR) is 201 cm³/mol. The van der Waals surface area contributed by atoms with Crippen LogP contribution in [0.5, 0.6) is 0 Å². The van der Waals surface area contributed by atoms with Gasteiger partial charge in [0, 0.05) is 10.8 Å². The van der Waals surface area contributed by atoms with Crippen molar-refractivity contribution < 1.29 is 90.0 Å². The summed E-state index contributed by atoms with van der Waals surface area (Å²) in [7, 11) is 0. The van der Waals surface area contributed by atoms with E-state index < -0.39 is 62.4 Å². The summed E-state index contributed by atoms with van der Waals surface area (Å²) in [5, 5.41) is 95.9. The molecule has 0 saturated carbocycles. The molecule has 24 heteroatoms. The van der Waals surface area contributed by atoms with E-state index >= 15 is 0 Å². The second kappa shape index (κ2) is 44.7. The molecule has 0 rings (SSSR count). The van der Waals surface area contributed by atoms with Crippen molar-refractivity contribution in [1.82, 2.24) is 0 Å². The van der Waals surface area contributed by atoms with Gasteiger partial charge in [-0.25, -0.2) is 0 Å². The smallest absolute Gasteiger partial charge is 0.316 e. The number of thiol groups is 6. The van der Waals surface area contributed by atoms with Gasteiger partial charge in [0.25, 0.3) is 0 Å². The Morgan fingerprint density at radius 3 is 0.510 bits per heavy atom. The van der Waals surface area contributed by atoms with E-state index in [9.17, 15) is 28.8 Å². The summed E-state index contributed by atoms with van der Waals surface area (Å²) in [5.74, 6) is -5.52. The maximum Gasteiger partial charge on any atom is 0.316 e. The van der Waals surface area contributed by atoms with Gasteiger partial charge in [0.1, 0.15) is 0 Å². The lowest BCUT2D eigenvalue weighted by Gasteiger charge is -2.20. The van der Waals surface area contributed by atoms with Gasteiger partial charge in [-0.15, -0.1) is 0 Å². The molecule has 12 N–H and O–H groups in total. The first-order valence-electron chi connectivity index (χ1n) is 13.0. The van der Waals surface area contributed by atoms with E-state index in [0.29, 0.717) is 0 Å². The van der Waals surface area contributed by atoms with Crippen LogP contribution < -0.4 is 0 Å². The Morgan fingerprint density at radius 2 is 0.510 bits per heavy atom. The molecule has 0 aliphatic rings. The highest BCUT2D eigenvalue weighted by molar-refractivity contribution is 7.82. The van der Waals surface area contributed by atoms with Crippen molar-refractivity contribution in [2.24, 2.45) is 10.8 Å². The Balaban J connectivity index is -0.0000000658. The zero-order valence-electron chi connectivity index (χ0n) is 27.6. The lowest BCUT2D eigenvalue weighted by Crippen LogP contribution is -2.29. The second-order valence-electron chi connectivity index (χ2n) is 9.27. The second-order valence-corrected chi connectivity index (χ2v) is 12.5. The van der Waals surface area contributed by atoms with Crippen molar-refractivity contribution in [3.63, 3.8) is 0 Å². The Kier molecular flexibility index (Phi) is 60.2. The van der Waals surface area contributed by atoms with Gasteiger partial charge < -0.3 is 61.3 Å². The average Bonchev–Trinajstić information content (AvgIpc) is 3.05. The summed E-state index contributed by atoms with van der Waals surface area (Å²) in [6.07, 6.45) is 0. The summed E-state index contributed by atoms with van der Waals surface area (Å²) < 4.78 is 0. The maximum absolute atomic E-state index is 9.62. The Bertz CT molecular complexity index is 714. The molecule has 298 valence electrons. The van der Waals surface area contributed by atoms with Gasteiger partial charge in [-0.1, -0.05) is 13.8 Å². The molecule has 0 aliphatic heterocycles. The summed E-state index contributed by atoms with van der Waals surface area (Å²) >= 11 is 21.0. The van der Waals surface area contributed by atoms with E-state index in [0.717, 1.165) is 0 Å². The van der Waals surface area contributed by atoms with Crippen molar-refractivity contribution in [2.45, 2.75) is 50.4 Å². The third-order valence-corrected chi connectivity index (χ3v) is 5.24. The summed E-state index contributed by atoms with van der Waals surface area (Å²) in [6.45, 7) is 6.64. The first-order valence-corrected chi connectivity index (χ1v) is 16.4. The van der Waals surface area contributed by atoms with Crippen molar-refractivity contribution in [2.75, 3.05) is 56.9 Å². The van der Waals surface area contributed by atoms with Gasteiger partial charge in [-0.05, 0) is 20.8 Å². The minimum Gasteiger partial charge on any atom is -0.481 e. The third kappa shape index (κ3) is 77.5. The molecule has 49 heavy (non-hydrogen) atoms. The summed E-state index contributed by atoms with van der Waals surface area (Å²) in [5.41, 5.74) is -1.42. The maximum atomic E-state index is 9.62. The number of hydrogen-bond donors (Lipinski definition) is 18. The largest absolute Gasteiger partial charge is 0.481 e. The van der Waals surface area contributed by atoms with Gasteiger partial charge >= 0.3 is 35.8 Å². The van der Waals surface area contributed by atoms with Crippen LogP contribution in [0.2, 0.25) is 0 Å². The SMILES string of the molecule is CC(CO)(CO)CO.CC(CO)(CO)CO.CC(S)C(=O)O.CC(S)C(=O)O.CC(S)C(=O)O.O=C(O)CS.O=C(O)CS.O=C(O)CS. The van der Waals surface area contributed by atoms with Gasteiger partial charge in [-0.3, -0.25) is 28.8 Å². The quantitative estimate of drug-likeness (QED) is 0.106. The number of carbonyl (C=O) groups is 6. The molecule has 3 atom stereocenters. The zero-order valence-corrected chi connectivity index (χ0v) is 33.0. The molecule has 0 saturated heterocycles. The number of carboxylic acids is 6. The first kappa shape index (κ1) is 66.0. The lowest BCUT2D eigenvalue weighted by atomic mass is 9.95. The van der Waals surface area contributed by atoms with Crippen LogP contribution in [0, 0.1) is 10.8 Å². The first-order chi connectivity index (χ1) is 22.1. The Labute approximate surface area is 318 Å². The van der Waals surface area contributed by atoms with Crippen LogP contribution in [0.3, 0.4) is 0 Å². The number of aliphatic carboxylic acids is 6. The van der Waals surface area contributed by atoms with Gasteiger partial charge in [-0.2, -0.15) is 75.8 Å². The number of hydrogen-bond acceptors (Lipinski definition) is 18. The van der Waals surface area contributed by atoms with E-state index in [-0.39, 0.29) is 56.9 Å². The number of aliphatic hydroxyl groups excluding tert-OH is 6. The molecule has 0 bridgehead atoms. The molecule has 0 spiro atoms. The molecule has 0 aliphatic carbocycles. The van der Waals surface area contributed by atoms with Crippen LogP contribution in [0.15, 0.2) is 0 Å². The van der Waals surface area contributed by atoms with Crippen LogP contribution in [0.25, 0.3) is 0 Å². The van der Waals surface area contributed by atoms with E-state index in [2.05, 4.69) is 75.8 Å². The van der Waals surface area contributed by atoms with Crippen LogP contribution in [-0.2, 0) is 28.8 Å². The van der Waals surface area contributed by atoms with Gasteiger partial charge in [0.15, 0.2) is 0 Å². The summed E-state index contributed by atoms with van der Waals surface area (Å²) in [4.78, 5) is 56.7. The Hall–Kier alpha value is -1.32. The molecule has 0 heterocycles. The molecule has 0 fully saturated rings. The van der Waals surface area contributed by atoms with Crippen LogP contribution in [-0.4, -0.2) is 170 Å². The van der Waals surface area contributed by atoms with E-state index in [1.165, 1.54) is 20.8 Å². The highest BCUT2D eigenvalue weighted by atomic mass is 32.1. The number of carboxylic acid groups (broad SMARTS) is 6. The monoisotopic (exact) mass is 834 g/mol. The number of aliphatic hydroxyl groups is 6.